The SMILES string of the molecule is CC1CCCN(c2nc(CC#N)cs2)C1. The first kappa shape index (κ1) is 10.4. The second-order valence-corrected chi connectivity index (χ2v) is 4.99. The van der Waals surface area contributed by atoms with Gasteiger partial charge in [-0.15, -0.1) is 11.3 Å². The average molecular weight is 221 g/mol. The molecule has 0 aliphatic carbocycles. The number of hydrogen-bond donors (Lipinski definition) is 0. The lowest BCUT2D eigenvalue weighted by atomic mass is 10.0. The van der Waals surface area contributed by atoms with Crippen LogP contribution in [0, 0.1) is 17.2 Å². The largest absolute Gasteiger partial charge is 0.348 e. The molecule has 1 saturated heterocycles. The van der Waals surface area contributed by atoms with Crippen molar-refractivity contribution in [1.82, 2.24) is 4.98 Å². The van der Waals surface area contributed by atoms with E-state index in [1.165, 1.54) is 12.8 Å². The molecule has 1 aromatic rings. The molecule has 0 aromatic carbocycles. The summed E-state index contributed by atoms with van der Waals surface area (Å²) < 4.78 is 0. The lowest BCUT2D eigenvalue weighted by molar-refractivity contribution is 0.446. The van der Waals surface area contributed by atoms with Gasteiger partial charge < -0.3 is 4.90 Å². The number of piperidine rings is 1. The van der Waals surface area contributed by atoms with E-state index in [1.807, 2.05) is 5.38 Å². The van der Waals surface area contributed by atoms with Crippen molar-refractivity contribution >= 4 is 16.5 Å². The molecular formula is C11H15N3S. The van der Waals surface area contributed by atoms with Gasteiger partial charge in [0.15, 0.2) is 5.13 Å². The molecule has 80 valence electrons. The van der Waals surface area contributed by atoms with E-state index in [0.29, 0.717) is 6.42 Å². The van der Waals surface area contributed by atoms with Crippen molar-refractivity contribution in [1.29, 1.82) is 5.26 Å². The molecule has 1 aromatic heterocycles. The Morgan fingerprint density at radius 3 is 3.33 bits per heavy atom. The van der Waals surface area contributed by atoms with Crippen LogP contribution in [-0.2, 0) is 6.42 Å². The van der Waals surface area contributed by atoms with Crippen LogP contribution in [0.3, 0.4) is 0 Å². The predicted octanol–water partition coefficient (Wildman–Crippen LogP) is 2.45. The zero-order valence-corrected chi connectivity index (χ0v) is 9.76. The summed E-state index contributed by atoms with van der Waals surface area (Å²) in [4.78, 5) is 6.83. The molecule has 0 saturated carbocycles. The van der Waals surface area contributed by atoms with Gasteiger partial charge in [-0.3, -0.25) is 0 Å². The molecule has 15 heavy (non-hydrogen) atoms. The van der Waals surface area contributed by atoms with Gasteiger partial charge in [0.2, 0.25) is 0 Å². The molecule has 1 atom stereocenters. The molecule has 1 fully saturated rings. The quantitative estimate of drug-likeness (QED) is 0.770. The number of nitriles is 1. The smallest absolute Gasteiger partial charge is 0.185 e. The van der Waals surface area contributed by atoms with E-state index >= 15 is 0 Å². The number of rotatable bonds is 2. The van der Waals surface area contributed by atoms with Gasteiger partial charge in [-0.05, 0) is 18.8 Å². The molecule has 0 amide bonds. The standard InChI is InChI=1S/C11H15N3S/c1-9-3-2-6-14(7-9)11-13-10(4-5-12)8-15-11/h8-9H,2-4,6-7H2,1H3. The Kier molecular flexibility index (Phi) is 3.22. The van der Waals surface area contributed by atoms with Crippen LogP contribution in [0.4, 0.5) is 5.13 Å². The van der Waals surface area contributed by atoms with E-state index in [2.05, 4.69) is 22.9 Å². The zero-order chi connectivity index (χ0) is 10.7. The van der Waals surface area contributed by atoms with E-state index in [9.17, 15) is 0 Å². The van der Waals surface area contributed by atoms with Crippen molar-refractivity contribution in [2.75, 3.05) is 18.0 Å². The lowest BCUT2D eigenvalue weighted by Gasteiger charge is -2.30. The normalized spacial score (nSPS) is 21.3. The van der Waals surface area contributed by atoms with Gasteiger partial charge in [-0.1, -0.05) is 6.92 Å². The highest BCUT2D eigenvalue weighted by atomic mass is 32.1. The third-order valence-corrected chi connectivity index (χ3v) is 3.68. The summed E-state index contributed by atoms with van der Waals surface area (Å²) in [7, 11) is 0. The monoisotopic (exact) mass is 221 g/mol. The Morgan fingerprint density at radius 2 is 2.60 bits per heavy atom. The van der Waals surface area contributed by atoms with E-state index in [4.69, 9.17) is 5.26 Å². The first-order valence-electron chi connectivity index (χ1n) is 5.36. The van der Waals surface area contributed by atoms with Crippen LogP contribution in [0.5, 0.6) is 0 Å². The molecule has 0 bridgehead atoms. The zero-order valence-electron chi connectivity index (χ0n) is 8.94. The van der Waals surface area contributed by atoms with Crippen LogP contribution in [0.25, 0.3) is 0 Å². The molecule has 1 aliphatic heterocycles. The third-order valence-electron chi connectivity index (χ3n) is 2.73. The average Bonchev–Trinajstić information content (AvgIpc) is 2.67. The molecule has 0 N–H and O–H groups in total. The first-order valence-corrected chi connectivity index (χ1v) is 6.24. The van der Waals surface area contributed by atoms with Crippen LogP contribution in [0.1, 0.15) is 25.5 Å². The Bertz CT molecular complexity index is 366. The summed E-state index contributed by atoms with van der Waals surface area (Å²) in [6.45, 7) is 4.51. The van der Waals surface area contributed by atoms with Crippen molar-refractivity contribution in [3.63, 3.8) is 0 Å². The van der Waals surface area contributed by atoms with Gasteiger partial charge in [-0.25, -0.2) is 4.98 Å². The van der Waals surface area contributed by atoms with Gasteiger partial charge >= 0.3 is 0 Å². The van der Waals surface area contributed by atoms with Gasteiger partial charge in [0.05, 0.1) is 18.2 Å². The number of aromatic nitrogens is 1. The predicted molar refractivity (Wildman–Crippen MR) is 62.0 cm³/mol. The molecule has 2 heterocycles. The van der Waals surface area contributed by atoms with Gasteiger partial charge in [-0.2, -0.15) is 5.26 Å². The van der Waals surface area contributed by atoms with Crippen molar-refractivity contribution in [3.05, 3.63) is 11.1 Å². The second-order valence-electron chi connectivity index (χ2n) is 4.15. The summed E-state index contributed by atoms with van der Waals surface area (Å²) in [6, 6.07) is 2.13. The first-order chi connectivity index (χ1) is 7.29. The molecule has 4 heteroatoms. The van der Waals surface area contributed by atoms with E-state index in [0.717, 1.165) is 29.8 Å². The summed E-state index contributed by atoms with van der Waals surface area (Å²) in [5.74, 6) is 0.766. The Labute approximate surface area is 94.4 Å². The fourth-order valence-electron chi connectivity index (χ4n) is 1.97. The molecule has 2 rings (SSSR count). The summed E-state index contributed by atoms with van der Waals surface area (Å²) >= 11 is 1.66. The maximum absolute atomic E-state index is 8.58. The molecule has 1 aliphatic rings. The van der Waals surface area contributed by atoms with Crippen LogP contribution >= 0.6 is 11.3 Å². The summed E-state index contributed by atoms with van der Waals surface area (Å²) in [5.41, 5.74) is 0.913. The highest BCUT2D eigenvalue weighted by molar-refractivity contribution is 7.13. The van der Waals surface area contributed by atoms with E-state index in [-0.39, 0.29) is 0 Å². The Morgan fingerprint density at radius 1 is 1.73 bits per heavy atom. The topological polar surface area (TPSA) is 39.9 Å². The van der Waals surface area contributed by atoms with Crippen LogP contribution in [0.15, 0.2) is 5.38 Å². The number of thiazole rings is 1. The molecular weight excluding hydrogens is 206 g/mol. The highest BCUT2D eigenvalue weighted by Crippen LogP contribution is 2.26. The van der Waals surface area contributed by atoms with Gasteiger partial charge in [0.1, 0.15) is 0 Å². The van der Waals surface area contributed by atoms with Gasteiger partial charge in [0, 0.05) is 18.5 Å². The van der Waals surface area contributed by atoms with Crippen molar-refractivity contribution in [2.45, 2.75) is 26.2 Å². The fraction of sp³-hybridized carbons (Fsp3) is 0.636. The maximum Gasteiger partial charge on any atom is 0.185 e. The fourth-order valence-corrected chi connectivity index (χ4v) is 2.83. The van der Waals surface area contributed by atoms with Crippen LogP contribution in [0.2, 0.25) is 0 Å². The minimum atomic E-state index is 0.430. The van der Waals surface area contributed by atoms with E-state index in [1.54, 1.807) is 11.3 Å². The molecule has 0 radical (unpaired) electrons. The second kappa shape index (κ2) is 4.63. The highest BCUT2D eigenvalue weighted by Gasteiger charge is 2.18. The molecule has 3 nitrogen and oxygen atoms in total. The minimum Gasteiger partial charge on any atom is -0.348 e. The van der Waals surface area contributed by atoms with E-state index < -0.39 is 0 Å². The third kappa shape index (κ3) is 2.48. The van der Waals surface area contributed by atoms with Crippen molar-refractivity contribution in [2.24, 2.45) is 5.92 Å². The maximum atomic E-state index is 8.58. The lowest BCUT2D eigenvalue weighted by Crippen LogP contribution is -2.34. The van der Waals surface area contributed by atoms with Crippen molar-refractivity contribution < 1.29 is 0 Å². The van der Waals surface area contributed by atoms with Crippen molar-refractivity contribution in [3.8, 4) is 6.07 Å². The van der Waals surface area contributed by atoms with Crippen LogP contribution in [-0.4, -0.2) is 18.1 Å². The minimum absolute atomic E-state index is 0.430. The van der Waals surface area contributed by atoms with Crippen LogP contribution < -0.4 is 4.90 Å². The Balaban J connectivity index is 2.05. The number of hydrogen-bond acceptors (Lipinski definition) is 4. The van der Waals surface area contributed by atoms with Gasteiger partial charge in [0.25, 0.3) is 0 Å². The molecule has 0 spiro atoms. The number of anilines is 1. The summed E-state index contributed by atoms with van der Waals surface area (Å²) in [6.07, 6.45) is 3.02. The Hall–Kier alpha value is -1.08. The number of nitrogens with zero attached hydrogens (tertiary/aromatic N) is 3. The molecule has 1 unspecified atom stereocenters. The summed E-state index contributed by atoms with van der Waals surface area (Å²) in [5, 5.41) is 11.7.